The van der Waals surface area contributed by atoms with Gasteiger partial charge in [-0.25, -0.2) is 9.31 Å². The van der Waals surface area contributed by atoms with Gasteiger partial charge in [-0.05, 0) is 25.5 Å². The van der Waals surface area contributed by atoms with E-state index in [-0.39, 0.29) is 0 Å². The van der Waals surface area contributed by atoms with E-state index in [2.05, 4.69) is 5.10 Å². The van der Waals surface area contributed by atoms with Crippen LogP contribution in [-0.4, -0.2) is 27.3 Å². The van der Waals surface area contributed by atoms with Crippen LogP contribution in [0, 0.1) is 0 Å². The van der Waals surface area contributed by atoms with Gasteiger partial charge in [-0.15, -0.1) is 0 Å². The number of aliphatic hydroxyl groups is 1. The van der Waals surface area contributed by atoms with Crippen LogP contribution in [0.25, 0.3) is 5.52 Å². The second kappa shape index (κ2) is 5.18. The number of aromatic nitrogens is 2. The summed E-state index contributed by atoms with van der Waals surface area (Å²) in [6.07, 6.45) is 1.48. The molecule has 0 aliphatic carbocycles. The Morgan fingerprint density at radius 3 is 2.94 bits per heavy atom. The smallest absolute Gasteiger partial charge is 0.342 e. The first-order chi connectivity index (χ1) is 8.69. The molecule has 5 nitrogen and oxygen atoms in total. The summed E-state index contributed by atoms with van der Waals surface area (Å²) in [5, 5.41) is 14.2. The van der Waals surface area contributed by atoms with Crippen molar-refractivity contribution in [2.24, 2.45) is 0 Å². The van der Waals surface area contributed by atoms with Crippen LogP contribution >= 0.6 is 0 Å². The number of pyridine rings is 1. The molecule has 0 fully saturated rings. The Hall–Kier alpha value is -1.88. The molecule has 2 aromatic heterocycles. The van der Waals surface area contributed by atoms with Crippen molar-refractivity contribution >= 4 is 11.5 Å². The van der Waals surface area contributed by atoms with Gasteiger partial charge >= 0.3 is 5.97 Å². The summed E-state index contributed by atoms with van der Waals surface area (Å²) in [7, 11) is 0. The number of hydrogen-bond acceptors (Lipinski definition) is 4. The van der Waals surface area contributed by atoms with Crippen LogP contribution in [0.3, 0.4) is 0 Å². The molecule has 1 atom stereocenters. The van der Waals surface area contributed by atoms with Crippen molar-refractivity contribution in [3.05, 3.63) is 35.7 Å². The minimum absolute atomic E-state index is 0.296. The molecule has 2 heterocycles. The molecule has 18 heavy (non-hydrogen) atoms. The van der Waals surface area contributed by atoms with Gasteiger partial charge in [0.1, 0.15) is 11.3 Å². The van der Waals surface area contributed by atoms with Crippen molar-refractivity contribution in [2.45, 2.75) is 26.4 Å². The zero-order valence-electron chi connectivity index (χ0n) is 10.5. The lowest BCUT2D eigenvalue weighted by molar-refractivity contribution is 0.0521. The van der Waals surface area contributed by atoms with E-state index in [1.807, 2.05) is 19.1 Å². The fraction of sp³-hybridized carbons (Fsp3) is 0.385. The zero-order valence-corrected chi connectivity index (χ0v) is 10.5. The van der Waals surface area contributed by atoms with Gasteiger partial charge in [-0.2, -0.15) is 5.10 Å². The van der Waals surface area contributed by atoms with E-state index < -0.39 is 12.1 Å². The molecular weight excluding hydrogens is 232 g/mol. The molecule has 2 aromatic rings. The third-order valence-electron chi connectivity index (χ3n) is 2.75. The van der Waals surface area contributed by atoms with E-state index in [1.54, 1.807) is 23.7 Å². The summed E-state index contributed by atoms with van der Waals surface area (Å²) in [6, 6.07) is 5.42. The Morgan fingerprint density at radius 1 is 1.50 bits per heavy atom. The van der Waals surface area contributed by atoms with E-state index in [1.165, 1.54) is 0 Å². The Balaban J connectivity index is 2.61. The molecule has 1 N–H and O–H groups in total. The average Bonchev–Trinajstić information content (AvgIpc) is 2.77. The summed E-state index contributed by atoms with van der Waals surface area (Å²) in [6.45, 7) is 3.88. The van der Waals surface area contributed by atoms with Crippen molar-refractivity contribution in [2.75, 3.05) is 6.61 Å². The number of esters is 1. The first kappa shape index (κ1) is 12.6. The molecule has 0 aliphatic heterocycles. The molecule has 0 saturated heterocycles. The summed E-state index contributed by atoms with van der Waals surface area (Å²) < 4.78 is 6.61. The SMILES string of the molecule is CCOC(=O)c1c(C(O)CC)nn2ccccc12. The molecule has 1 unspecified atom stereocenters. The number of nitrogens with zero attached hydrogens (tertiary/aromatic N) is 2. The predicted molar refractivity (Wildman–Crippen MR) is 66.4 cm³/mol. The first-order valence-corrected chi connectivity index (χ1v) is 6.01. The van der Waals surface area contributed by atoms with Crippen molar-refractivity contribution in [1.82, 2.24) is 9.61 Å². The van der Waals surface area contributed by atoms with Gasteiger partial charge < -0.3 is 9.84 Å². The summed E-state index contributed by atoms with van der Waals surface area (Å²) in [5.41, 5.74) is 1.38. The number of fused-ring (bicyclic) bond motifs is 1. The molecule has 5 heteroatoms. The molecule has 0 amide bonds. The van der Waals surface area contributed by atoms with Gasteiger partial charge in [0.25, 0.3) is 0 Å². The normalized spacial score (nSPS) is 12.6. The van der Waals surface area contributed by atoms with Crippen LogP contribution in [-0.2, 0) is 4.74 Å². The Bertz CT molecular complexity index is 562. The number of rotatable bonds is 4. The van der Waals surface area contributed by atoms with Crippen LogP contribution < -0.4 is 0 Å². The van der Waals surface area contributed by atoms with Gasteiger partial charge in [0.05, 0.1) is 18.2 Å². The molecule has 0 saturated carbocycles. The predicted octanol–water partition coefficient (Wildman–Crippen LogP) is 1.95. The number of aliphatic hydroxyl groups excluding tert-OH is 1. The number of hydrogen-bond donors (Lipinski definition) is 1. The average molecular weight is 248 g/mol. The zero-order chi connectivity index (χ0) is 13.1. The second-order valence-electron chi connectivity index (χ2n) is 3.94. The largest absolute Gasteiger partial charge is 0.462 e. The highest BCUT2D eigenvalue weighted by Crippen LogP contribution is 2.24. The summed E-state index contributed by atoms with van der Waals surface area (Å²) in [4.78, 5) is 12.0. The van der Waals surface area contributed by atoms with Crippen LogP contribution in [0.2, 0.25) is 0 Å². The van der Waals surface area contributed by atoms with Gasteiger partial charge in [0.2, 0.25) is 0 Å². The van der Waals surface area contributed by atoms with Gasteiger partial charge in [-0.3, -0.25) is 0 Å². The highest BCUT2D eigenvalue weighted by Gasteiger charge is 2.24. The molecule has 0 bridgehead atoms. The minimum atomic E-state index is -0.760. The summed E-state index contributed by atoms with van der Waals surface area (Å²) in [5.74, 6) is -0.443. The Kier molecular flexibility index (Phi) is 3.62. The van der Waals surface area contributed by atoms with Gasteiger partial charge in [0, 0.05) is 6.20 Å². The maximum Gasteiger partial charge on any atom is 0.342 e. The van der Waals surface area contributed by atoms with E-state index in [0.29, 0.717) is 29.8 Å². The lowest BCUT2D eigenvalue weighted by Gasteiger charge is -2.06. The highest BCUT2D eigenvalue weighted by atomic mass is 16.5. The lowest BCUT2D eigenvalue weighted by atomic mass is 10.1. The van der Waals surface area contributed by atoms with Crippen molar-refractivity contribution < 1.29 is 14.6 Å². The fourth-order valence-corrected chi connectivity index (χ4v) is 1.86. The minimum Gasteiger partial charge on any atom is -0.462 e. The lowest BCUT2D eigenvalue weighted by Crippen LogP contribution is -2.09. The monoisotopic (exact) mass is 248 g/mol. The number of carbonyl (C=O) groups excluding carboxylic acids is 1. The molecule has 0 aromatic carbocycles. The molecule has 96 valence electrons. The van der Waals surface area contributed by atoms with Gasteiger partial charge in [0.15, 0.2) is 0 Å². The van der Waals surface area contributed by atoms with Crippen LogP contribution in [0.4, 0.5) is 0 Å². The molecule has 0 aliphatic rings. The number of carbonyl (C=O) groups is 1. The third-order valence-corrected chi connectivity index (χ3v) is 2.75. The molecule has 0 spiro atoms. The van der Waals surface area contributed by atoms with Gasteiger partial charge in [-0.1, -0.05) is 13.0 Å². The van der Waals surface area contributed by atoms with Crippen molar-refractivity contribution in [3.8, 4) is 0 Å². The maximum absolute atomic E-state index is 12.0. The van der Waals surface area contributed by atoms with E-state index in [9.17, 15) is 9.90 Å². The van der Waals surface area contributed by atoms with E-state index in [4.69, 9.17) is 4.74 Å². The standard InChI is InChI=1S/C13H16N2O3/c1-3-10(16)12-11(13(17)18-4-2)9-7-5-6-8-15(9)14-12/h5-8,10,16H,3-4H2,1-2H3. The number of ether oxygens (including phenoxy) is 1. The fourth-order valence-electron chi connectivity index (χ4n) is 1.86. The van der Waals surface area contributed by atoms with Crippen molar-refractivity contribution in [3.63, 3.8) is 0 Å². The third kappa shape index (κ3) is 2.09. The quantitative estimate of drug-likeness (QED) is 0.840. The van der Waals surface area contributed by atoms with E-state index in [0.717, 1.165) is 0 Å². The van der Waals surface area contributed by atoms with Crippen LogP contribution in [0.1, 0.15) is 42.4 Å². The van der Waals surface area contributed by atoms with Crippen molar-refractivity contribution in [1.29, 1.82) is 0 Å². The van der Waals surface area contributed by atoms with Crippen LogP contribution in [0.5, 0.6) is 0 Å². The maximum atomic E-state index is 12.0. The van der Waals surface area contributed by atoms with Crippen LogP contribution in [0.15, 0.2) is 24.4 Å². The Morgan fingerprint density at radius 2 is 2.28 bits per heavy atom. The molecule has 2 rings (SSSR count). The Labute approximate surface area is 105 Å². The topological polar surface area (TPSA) is 63.8 Å². The first-order valence-electron chi connectivity index (χ1n) is 6.01. The second-order valence-corrected chi connectivity index (χ2v) is 3.94. The summed E-state index contributed by atoms with van der Waals surface area (Å²) >= 11 is 0. The molecular formula is C13H16N2O3. The highest BCUT2D eigenvalue weighted by molar-refractivity contribution is 5.98. The van der Waals surface area contributed by atoms with E-state index >= 15 is 0 Å². The molecule has 0 radical (unpaired) electrons.